The lowest BCUT2D eigenvalue weighted by Gasteiger charge is -2.15. The van der Waals surface area contributed by atoms with E-state index < -0.39 is 0 Å². The highest BCUT2D eigenvalue weighted by Gasteiger charge is 2.02. The maximum absolute atomic E-state index is 5.74. The lowest BCUT2D eigenvalue weighted by Crippen LogP contribution is -2.20. The molecule has 0 aliphatic heterocycles. The Kier molecular flexibility index (Phi) is 6.17. The molecular formula is C16H20N2OS2. The molecule has 0 aliphatic rings. The molecule has 1 aromatic heterocycles. The number of ether oxygens (including phenoxy) is 1. The van der Waals surface area contributed by atoms with E-state index in [1.807, 2.05) is 24.3 Å². The third-order valence-electron chi connectivity index (χ3n) is 3.08. The minimum absolute atomic E-state index is 0.399. The van der Waals surface area contributed by atoms with E-state index in [1.54, 1.807) is 11.3 Å². The number of thiocarbonyl (C=S) groups is 1. The fourth-order valence-electron chi connectivity index (χ4n) is 2.01. The Balaban J connectivity index is 1.69. The van der Waals surface area contributed by atoms with E-state index in [4.69, 9.17) is 22.7 Å². The maximum atomic E-state index is 5.74. The van der Waals surface area contributed by atoms with Crippen molar-refractivity contribution in [3.8, 4) is 5.75 Å². The molecule has 1 aromatic carbocycles. The van der Waals surface area contributed by atoms with E-state index >= 15 is 0 Å². The zero-order chi connectivity index (χ0) is 15.1. The Bertz CT molecular complexity index is 569. The molecule has 0 amide bonds. The molecule has 0 fully saturated rings. The number of hydrogen-bond donors (Lipinski definition) is 1. The standard InChI is InChI=1S/C16H20N2OS2/c1-18(12-15-7-3-10-21-15)8-4-9-19-14-6-2-5-13(11-14)16(17)20/h2-3,5-7,10-11H,4,8-9,12H2,1H3,(H2,17,20). The van der Waals surface area contributed by atoms with Gasteiger partial charge >= 0.3 is 0 Å². The summed E-state index contributed by atoms with van der Waals surface area (Å²) >= 11 is 6.76. The van der Waals surface area contributed by atoms with Gasteiger partial charge in [-0.1, -0.05) is 30.4 Å². The highest BCUT2D eigenvalue weighted by atomic mass is 32.1. The number of nitrogens with two attached hydrogens (primary N) is 1. The first kappa shape index (κ1) is 15.9. The minimum atomic E-state index is 0.399. The molecule has 3 nitrogen and oxygen atoms in total. The molecule has 1 heterocycles. The zero-order valence-electron chi connectivity index (χ0n) is 12.1. The summed E-state index contributed by atoms with van der Waals surface area (Å²) in [7, 11) is 2.13. The Morgan fingerprint density at radius 1 is 1.33 bits per heavy atom. The monoisotopic (exact) mass is 320 g/mol. The summed E-state index contributed by atoms with van der Waals surface area (Å²) in [4.78, 5) is 4.10. The van der Waals surface area contributed by atoms with Crippen LogP contribution in [0.5, 0.6) is 5.75 Å². The highest BCUT2D eigenvalue weighted by molar-refractivity contribution is 7.80. The first-order valence-corrected chi connectivity index (χ1v) is 8.17. The van der Waals surface area contributed by atoms with Gasteiger partial charge in [-0.05, 0) is 37.0 Å². The molecule has 0 bridgehead atoms. The van der Waals surface area contributed by atoms with Crippen molar-refractivity contribution in [1.29, 1.82) is 0 Å². The van der Waals surface area contributed by atoms with Crippen molar-refractivity contribution in [3.05, 3.63) is 52.2 Å². The van der Waals surface area contributed by atoms with Crippen molar-refractivity contribution in [3.63, 3.8) is 0 Å². The van der Waals surface area contributed by atoms with Gasteiger partial charge in [-0.3, -0.25) is 0 Å². The van der Waals surface area contributed by atoms with Crippen LogP contribution in [0.1, 0.15) is 16.9 Å². The van der Waals surface area contributed by atoms with Crippen molar-refractivity contribution in [1.82, 2.24) is 4.90 Å². The van der Waals surface area contributed by atoms with Gasteiger partial charge in [0.1, 0.15) is 10.7 Å². The number of nitrogens with zero attached hydrogens (tertiary/aromatic N) is 1. The van der Waals surface area contributed by atoms with Gasteiger partial charge in [-0.2, -0.15) is 0 Å². The summed E-state index contributed by atoms with van der Waals surface area (Å²) in [6, 6.07) is 11.9. The van der Waals surface area contributed by atoms with Crippen LogP contribution in [0.3, 0.4) is 0 Å². The molecule has 2 aromatic rings. The second-order valence-electron chi connectivity index (χ2n) is 4.91. The van der Waals surface area contributed by atoms with Crippen LogP contribution < -0.4 is 10.5 Å². The van der Waals surface area contributed by atoms with Crippen LogP contribution in [0.15, 0.2) is 41.8 Å². The van der Waals surface area contributed by atoms with Crippen molar-refractivity contribution < 1.29 is 4.74 Å². The van der Waals surface area contributed by atoms with Crippen LogP contribution in [0.4, 0.5) is 0 Å². The van der Waals surface area contributed by atoms with Gasteiger partial charge in [0.15, 0.2) is 0 Å². The van der Waals surface area contributed by atoms with Crippen molar-refractivity contribution in [2.45, 2.75) is 13.0 Å². The molecule has 0 saturated heterocycles. The molecule has 112 valence electrons. The van der Waals surface area contributed by atoms with Crippen molar-refractivity contribution in [2.24, 2.45) is 5.73 Å². The molecule has 0 saturated carbocycles. The average Bonchev–Trinajstić information content (AvgIpc) is 2.97. The van der Waals surface area contributed by atoms with Gasteiger partial charge in [0.05, 0.1) is 6.61 Å². The summed E-state index contributed by atoms with van der Waals surface area (Å²) in [5.41, 5.74) is 6.46. The van der Waals surface area contributed by atoms with Crippen LogP contribution in [0.25, 0.3) is 0 Å². The second kappa shape index (κ2) is 8.12. The topological polar surface area (TPSA) is 38.5 Å². The van der Waals surface area contributed by atoms with Gasteiger partial charge in [0.2, 0.25) is 0 Å². The first-order chi connectivity index (χ1) is 10.1. The Hall–Kier alpha value is -1.43. The van der Waals surface area contributed by atoms with E-state index in [1.165, 1.54) is 4.88 Å². The summed E-state index contributed by atoms with van der Waals surface area (Å²) in [6.45, 7) is 2.69. The quantitative estimate of drug-likeness (QED) is 0.598. The Morgan fingerprint density at radius 3 is 2.90 bits per heavy atom. The van der Waals surface area contributed by atoms with E-state index in [0.717, 1.165) is 30.8 Å². The normalized spacial score (nSPS) is 10.8. The fourth-order valence-corrected chi connectivity index (χ4v) is 2.92. The van der Waals surface area contributed by atoms with E-state index in [0.29, 0.717) is 11.6 Å². The average molecular weight is 320 g/mol. The van der Waals surface area contributed by atoms with Crippen molar-refractivity contribution >= 4 is 28.5 Å². The SMILES string of the molecule is CN(CCCOc1cccc(C(N)=S)c1)Cc1cccs1. The predicted molar refractivity (Wildman–Crippen MR) is 93.1 cm³/mol. The number of hydrogen-bond acceptors (Lipinski definition) is 4. The predicted octanol–water partition coefficient (Wildman–Crippen LogP) is 3.28. The van der Waals surface area contributed by atoms with Crippen LogP contribution in [-0.4, -0.2) is 30.1 Å². The molecule has 0 radical (unpaired) electrons. The van der Waals surface area contributed by atoms with Gasteiger partial charge < -0.3 is 15.4 Å². The van der Waals surface area contributed by atoms with Crippen LogP contribution in [0.2, 0.25) is 0 Å². The maximum Gasteiger partial charge on any atom is 0.119 e. The molecule has 5 heteroatoms. The van der Waals surface area contributed by atoms with E-state index in [2.05, 4.69) is 29.5 Å². The number of benzene rings is 1. The summed E-state index contributed by atoms with van der Waals surface area (Å²) in [5.74, 6) is 0.821. The number of thiophene rings is 1. The molecule has 0 spiro atoms. The third kappa shape index (κ3) is 5.46. The van der Waals surface area contributed by atoms with Gasteiger partial charge in [0.25, 0.3) is 0 Å². The number of rotatable bonds is 8. The van der Waals surface area contributed by atoms with Crippen LogP contribution >= 0.6 is 23.6 Å². The molecule has 0 unspecified atom stereocenters. The Labute approximate surface area is 135 Å². The van der Waals surface area contributed by atoms with Crippen LogP contribution in [-0.2, 0) is 6.54 Å². The fraction of sp³-hybridized carbons (Fsp3) is 0.312. The highest BCUT2D eigenvalue weighted by Crippen LogP contribution is 2.14. The summed E-state index contributed by atoms with van der Waals surface area (Å²) in [6.07, 6.45) is 0.985. The molecule has 2 N–H and O–H groups in total. The van der Waals surface area contributed by atoms with Crippen LogP contribution in [0, 0.1) is 0 Å². The summed E-state index contributed by atoms with van der Waals surface area (Å²) < 4.78 is 5.74. The summed E-state index contributed by atoms with van der Waals surface area (Å²) in [5, 5.41) is 2.11. The minimum Gasteiger partial charge on any atom is -0.494 e. The van der Waals surface area contributed by atoms with E-state index in [9.17, 15) is 0 Å². The zero-order valence-corrected chi connectivity index (χ0v) is 13.8. The second-order valence-corrected chi connectivity index (χ2v) is 6.38. The molecule has 0 atom stereocenters. The first-order valence-electron chi connectivity index (χ1n) is 6.89. The van der Waals surface area contributed by atoms with E-state index in [-0.39, 0.29) is 0 Å². The van der Waals surface area contributed by atoms with Gasteiger partial charge in [-0.15, -0.1) is 11.3 Å². The lowest BCUT2D eigenvalue weighted by atomic mass is 10.2. The molecule has 0 aliphatic carbocycles. The van der Waals surface area contributed by atoms with Crippen molar-refractivity contribution in [2.75, 3.05) is 20.2 Å². The van der Waals surface area contributed by atoms with Gasteiger partial charge in [0, 0.05) is 23.5 Å². The smallest absolute Gasteiger partial charge is 0.119 e. The third-order valence-corrected chi connectivity index (χ3v) is 4.17. The largest absolute Gasteiger partial charge is 0.494 e. The molecular weight excluding hydrogens is 300 g/mol. The lowest BCUT2D eigenvalue weighted by molar-refractivity contribution is 0.260. The molecule has 21 heavy (non-hydrogen) atoms. The van der Waals surface area contributed by atoms with Gasteiger partial charge in [-0.25, -0.2) is 0 Å². The Morgan fingerprint density at radius 2 is 2.19 bits per heavy atom. The molecule has 2 rings (SSSR count).